The van der Waals surface area contributed by atoms with Crippen LogP contribution in [0, 0.1) is 9.49 Å². The molecule has 0 aromatic heterocycles. The summed E-state index contributed by atoms with van der Waals surface area (Å²) in [4.78, 5) is 36.6. The number of amides is 2. The number of carbonyl (C=O) groups excluding carboxylic acids is 3. The second-order valence-corrected chi connectivity index (χ2v) is 9.33. The van der Waals surface area contributed by atoms with Gasteiger partial charge >= 0.3 is 6.09 Å². The fourth-order valence-corrected chi connectivity index (χ4v) is 3.90. The number of nitrogens with two attached hydrogens (primary N) is 1. The minimum atomic E-state index is -0.901. The number of Topliss-reactive ketones (excluding diaryl/α,β-unsaturated/α-hetero) is 1. The van der Waals surface area contributed by atoms with Gasteiger partial charge in [0.2, 0.25) is 5.91 Å². The lowest BCUT2D eigenvalue weighted by atomic mass is 9.96. The SMILES string of the molecule is CC(=O)c1ccc(NC(=O)O[C@H](c2cc(I)ccc2O)[C@H](C)/C=C/C(=O)Nc2ccccc2N)cc1. The highest BCUT2D eigenvalue weighted by atomic mass is 127. The standard InChI is InChI=1S/C27H26IN3O5/c1-16(7-14-25(34)31-23-6-4-3-5-22(23)29)26(21-15-19(28)10-13-24(21)33)36-27(35)30-20-11-8-18(9-12-20)17(2)32/h3-16,26,33H,29H2,1-2H3,(H,30,35)(H,31,34)/b14-7+/t16-,26+/m1/s1. The van der Waals surface area contributed by atoms with E-state index in [2.05, 4.69) is 33.2 Å². The van der Waals surface area contributed by atoms with Gasteiger partial charge in [0.25, 0.3) is 0 Å². The number of hydrogen-bond donors (Lipinski definition) is 4. The van der Waals surface area contributed by atoms with Crippen molar-refractivity contribution in [3.8, 4) is 5.75 Å². The molecule has 3 aromatic rings. The van der Waals surface area contributed by atoms with Crippen LogP contribution in [0.25, 0.3) is 0 Å². The minimum Gasteiger partial charge on any atom is -0.508 e. The van der Waals surface area contributed by atoms with Crippen LogP contribution in [0.15, 0.2) is 78.9 Å². The van der Waals surface area contributed by atoms with Crippen molar-refractivity contribution in [2.75, 3.05) is 16.4 Å². The Hall–Kier alpha value is -3.86. The Labute approximate surface area is 222 Å². The number of ketones is 1. The molecule has 0 bridgehead atoms. The molecule has 0 unspecified atom stereocenters. The first-order chi connectivity index (χ1) is 17.1. The normalized spacial score (nSPS) is 12.5. The van der Waals surface area contributed by atoms with E-state index in [1.54, 1.807) is 73.7 Å². The van der Waals surface area contributed by atoms with Crippen molar-refractivity contribution in [1.29, 1.82) is 0 Å². The maximum Gasteiger partial charge on any atom is 0.412 e. The van der Waals surface area contributed by atoms with Gasteiger partial charge in [0.05, 0.1) is 11.4 Å². The van der Waals surface area contributed by atoms with Gasteiger partial charge < -0.3 is 20.9 Å². The van der Waals surface area contributed by atoms with Gasteiger partial charge in [0.15, 0.2) is 5.78 Å². The van der Waals surface area contributed by atoms with E-state index in [4.69, 9.17) is 10.5 Å². The minimum absolute atomic E-state index is 0.0409. The van der Waals surface area contributed by atoms with Gasteiger partial charge in [-0.05, 0) is 90.2 Å². The molecule has 0 aliphatic carbocycles. The van der Waals surface area contributed by atoms with Gasteiger partial charge in [-0.1, -0.05) is 25.1 Å². The average Bonchev–Trinajstić information content (AvgIpc) is 2.84. The van der Waals surface area contributed by atoms with Crippen LogP contribution in [0.1, 0.15) is 35.9 Å². The largest absolute Gasteiger partial charge is 0.508 e. The number of aromatic hydroxyl groups is 1. The van der Waals surface area contributed by atoms with Crippen LogP contribution < -0.4 is 16.4 Å². The van der Waals surface area contributed by atoms with Crippen LogP contribution in [-0.2, 0) is 9.53 Å². The summed E-state index contributed by atoms with van der Waals surface area (Å²) < 4.78 is 6.54. The van der Waals surface area contributed by atoms with Gasteiger partial charge in [0, 0.05) is 26.3 Å². The molecule has 0 fully saturated rings. The summed E-state index contributed by atoms with van der Waals surface area (Å²) in [6.45, 7) is 3.22. The zero-order valence-corrected chi connectivity index (χ0v) is 21.9. The van der Waals surface area contributed by atoms with Crippen molar-refractivity contribution < 1.29 is 24.2 Å². The van der Waals surface area contributed by atoms with E-state index in [1.165, 1.54) is 19.1 Å². The van der Waals surface area contributed by atoms with Crippen molar-refractivity contribution in [2.45, 2.75) is 20.0 Å². The molecule has 0 heterocycles. The van der Waals surface area contributed by atoms with E-state index < -0.39 is 24.0 Å². The molecule has 186 valence electrons. The number of rotatable bonds is 8. The van der Waals surface area contributed by atoms with Crippen LogP contribution in [0.2, 0.25) is 0 Å². The number of nitrogens with one attached hydrogen (secondary N) is 2. The Morgan fingerprint density at radius 1 is 1.03 bits per heavy atom. The third-order valence-corrected chi connectivity index (χ3v) is 5.99. The molecule has 0 aliphatic rings. The molecule has 9 heteroatoms. The molecule has 3 aromatic carbocycles. The average molecular weight is 599 g/mol. The summed E-state index contributed by atoms with van der Waals surface area (Å²) in [7, 11) is 0. The Morgan fingerprint density at radius 2 is 1.72 bits per heavy atom. The van der Waals surface area contributed by atoms with Crippen LogP contribution in [0.3, 0.4) is 0 Å². The maximum atomic E-state index is 12.7. The van der Waals surface area contributed by atoms with Gasteiger partial charge in [-0.2, -0.15) is 0 Å². The molecule has 8 nitrogen and oxygen atoms in total. The van der Waals surface area contributed by atoms with E-state index in [-0.39, 0.29) is 11.5 Å². The Bertz CT molecular complexity index is 1290. The number of phenols is 1. The number of benzene rings is 3. The first-order valence-electron chi connectivity index (χ1n) is 11.0. The molecule has 0 aliphatic heterocycles. The zero-order valence-electron chi connectivity index (χ0n) is 19.7. The van der Waals surface area contributed by atoms with Gasteiger partial charge in [0.1, 0.15) is 11.9 Å². The first-order valence-corrected chi connectivity index (χ1v) is 12.1. The topological polar surface area (TPSA) is 131 Å². The number of carbonyl (C=O) groups is 3. The Kier molecular flexibility index (Phi) is 9.07. The predicted molar refractivity (Wildman–Crippen MR) is 148 cm³/mol. The molecular formula is C27H26IN3O5. The lowest BCUT2D eigenvalue weighted by Gasteiger charge is -2.24. The van der Waals surface area contributed by atoms with E-state index >= 15 is 0 Å². The van der Waals surface area contributed by atoms with Gasteiger partial charge in [-0.3, -0.25) is 14.9 Å². The molecule has 36 heavy (non-hydrogen) atoms. The van der Waals surface area contributed by atoms with E-state index in [0.717, 1.165) is 3.57 Å². The lowest BCUT2D eigenvalue weighted by molar-refractivity contribution is -0.111. The van der Waals surface area contributed by atoms with Crippen molar-refractivity contribution in [1.82, 2.24) is 0 Å². The third-order valence-electron chi connectivity index (χ3n) is 5.32. The number of halogens is 1. The third kappa shape index (κ3) is 7.32. The Balaban J connectivity index is 1.77. The number of anilines is 3. The summed E-state index contributed by atoms with van der Waals surface area (Å²) in [6.07, 6.45) is 1.27. The van der Waals surface area contributed by atoms with E-state index in [9.17, 15) is 19.5 Å². The molecule has 2 atom stereocenters. The van der Waals surface area contributed by atoms with Crippen LogP contribution in [0.5, 0.6) is 5.75 Å². The van der Waals surface area contributed by atoms with Gasteiger partial charge in [-0.15, -0.1) is 0 Å². The Morgan fingerprint density at radius 3 is 2.39 bits per heavy atom. The van der Waals surface area contributed by atoms with Crippen molar-refractivity contribution in [3.05, 3.63) is 93.6 Å². The van der Waals surface area contributed by atoms with Crippen LogP contribution in [0.4, 0.5) is 21.9 Å². The highest BCUT2D eigenvalue weighted by Gasteiger charge is 2.25. The monoisotopic (exact) mass is 599 g/mol. The summed E-state index contributed by atoms with van der Waals surface area (Å²) in [5, 5.41) is 15.8. The van der Waals surface area contributed by atoms with Crippen LogP contribution >= 0.6 is 22.6 Å². The quantitative estimate of drug-likeness (QED) is 0.110. The summed E-state index contributed by atoms with van der Waals surface area (Å²) >= 11 is 2.10. The summed E-state index contributed by atoms with van der Waals surface area (Å²) in [5.41, 5.74) is 8.15. The van der Waals surface area contributed by atoms with E-state index in [0.29, 0.717) is 28.2 Å². The highest BCUT2D eigenvalue weighted by molar-refractivity contribution is 14.1. The molecular weight excluding hydrogens is 573 g/mol. The molecule has 2 amide bonds. The van der Waals surface area contributed by atoms with Crippen LogP contribution in [-0.4, -0.2) is 22.9 Å². The maximum absolute atomic E-state index is 12.7. The lowest BCUT2D eigenvalue weighted by Crippen LogP contribution is -2.22. The predicted octanol–water partition coefficient (Wildman–Crippen LogP) is 5.90. The molecule has 0 saturated heterocycles. The second kappa shape index (κ2) is 12.2. The zero-order chi connectivity index (χ0) is 26.2. The fraction of sp³-hybridized carbons (Fsp3) is 0.148. The summed E-state index contributed by atoms with van der Waals surface area (Å²) in [6, 6.07) is 18.2. The number of phenolic OH excluding ortho intramolecular Hbond substituents is 1. The van der Waals surface area contributed by atoms with Gasteiger partial charge in [-0.25, -0.2) is 4.79 Å². The number of para-hydroxylation sites is 2. The van der Waals surface area contributed by atoms with E-state index in [1.807, 2.05) is 0 Å². The number of nitrogen functional groups attached to an aromatic ring is 1. The molecule has 0 saturated carbocycles. The molecule has 3 rings (SSSR count). The second-order valence-electron chi connectivity index (χ2n) is 8.08. The van der Waals surface area contributed by atoms with Crippen molar-refractivity contribution in [2.24, 2.45) is 5.92 Å². The number of ether oxygens (including phenoxy) is 1. The van der Waals surface area contributed by atoms with Crippen molar-refractivity contribution in [3.63, 3.8) is 0 Å². The molecule has 5 N–H and O–H groups in total. The summed E-state index contributed by atoms with van der Waals surface area (Å²) in [5.74, 6) is -1.02. The first kappa shape index (κ1) is 26.7. The smallest absolute Gasteiger partial charge is 0.412 e. The molecule has 0 spiro atoms. The van der Waals surface area contributed by atoms with Crippen molar-refractivity contribution >= 4 is 57.4 Å². The number of hydrogen-bond acceptors (Lipinski definition) is 6. The molecule has 0 radical (unpaired) electrons. The highest BCUT2D eigenvalue weighted by Crippen LogP contribution is 2.35. The fourth-order valence-electron chi connectivity index (χ4n) is 3.38.